The largest absolute Gasteiger partial charge is 0.493 e. The SMILES string of the molecule is COc1ccccc1OC[C@@H](C)NC1C[C@@H](C)O[C@@H](C)C1. The summed E-state index contributed by atoms with van der Waals surface area (Å²) >= 11 is 0. The third kappa shape index (κ3) is 4.90. The lowest BCUT2D eigenvalue weighted by Crippen LogP contribution is -2.46. The number of para-hydroxylation sites is 2. The summed E-state index contributed by atoms with van der Waals surface area (Å²) in [6, 6.07) is 8.53. The summed E-state index contributed by atoms with van der Waals surface area (Å²) < 4.78 is 16.9. The Morgan fingerprint density at radius 2 is 1.81 bits per heavy atom. The molecule has 0 saturated carbocycles. The average molecular weight is 293 g/mol. The first kappa shape index (κ1) is 16.1. The molecule has 2 rings (SSSR count). The molecule has 0 radical (unpaired) electrons. The topological polar surface area (TPSA) is 39.7 Å². The molecule has 0 amide bonds. The normalized spacial score (nSPS) is 27.1. The van der Waals surface area contributed by atoms with Crippen molar-refractivity contribution in [2.75, 3.05) is 13.7 Å². The summed E-state index contributed by atoms with van der Waals surface area (Å²) in [4.78, 5) is 0. The van der Waals surface area contributed by atoms with Crippen LogP contribution in [-0.4, -0.2) is 38.0 Å². The standard InChI is InChI=1S/C17H27NO3/c1-12(18-15-9-13(2)21-14(3)10-15)11-20-17-8-6-5-7-16(17)19-4/h5-8,12-15,18H,9-11H2,1-4H3/t12-,13-,14+,15?/m1/s1. The van der Waals surface area contributed by atoms with Crippen molar-refractivity contribution in [3.63, 3.8) is 0 Å². The Bertz CT molecular complexity index is 428. The lowest BCUT2D eigenvalue weighted by Gasteiger charge is -2.34. The molecule has 1 heterocycles. The maximum Gasteiger partial charge on any atom is 0.161 e. The van der Waals surface area contributed by atoms with Crippen LogP contribution in [0.1, 0.15) is 33.6 Å². The van der Waals surface area contributed by atoms with Crippen molar-refractivity contribution < 1.29 is 14.2 Å². The van der Waals surface area contributed by atoms with Crippen LogP contribution in [-0.2, 0) is 4.74 Å². The Balaban J connectivity index is 1.80. The second kappa shape index (κ2) is 7.66. The molecule has 0 bridgehead atoms. The highest BCUT2D eigenvalue weighted by Gasteiger charge is 2.25. The molecule has 1 aromatic rings. The Morgan fingerprint density at radius 3 is 2.43 bits per heavy atom. The zero-order valence-corrected chi connectivity index (χ0v) is 13.5. The van der Waals surface area contributed by atoms with E-state index in [-0.39, 0.29) is 6.04 Å². The van der Waals surface area contributed by atoms with Crippen molar-refractivity contribution in [1.29, 1.82) is 0 Å². The summed E-state index contributed by atoms with van der Waals surface area (Å²) in [5, 5.41) is 3.64. The zero-order chi connectivity index (χ0) is 15.2. The Labute approximate surface area is 127 Å². The van der Waals surface area contributed by atoms with E-state index in [9.17, 15) is 0 Å². The van der Waals surface area contributed by atoms with E-state index in [2.05, 4.69) is 26.1 Å². The van der Waals surface area contributed by atoms with E-state index in [1.807, 2.05) is 24.3 Å². The third-order valence-electron chi connectivity index (χ3n) is 3.78. The number of methoxy groups -OCH3 is 1. The van der Waals surface area contributed by atoms with Crippen LogP contribution in [0.2, 0.25) is 0 Å². The van der Waals surface area contributed by atoms with Gasteiger partial charge < -0.3 is 19.5 Å². The Hall–Kier alpha value is -1.26. The molecule has 4 atom stereocenters. The molecule has 0 aromatic heterocycles. The van der Waals surface area contributed by atoms with Gasteiger partial charge in [-0.15, -0.1) is 0 Å². The van der Waals surface area contributed by atoms with Crippen LogP contribution in [0, 0.1) is 0 Å². The van der Waals surface area contributed by atoms with E-state index in [0.717, 1.165) is 24.3 Å². The van der Waals surface area contributed by atoms with Gasteiger partial charge in [0.25, 0.3) is 0 Å². The quantitative estimate of drug-likeness (QED) is 0.875. The van der Waals surface area contributed by atoms with Crippen LogP contribution in [0.25, 0.3) is 0 Å². The summed E-state index contributed by atoms with van der Waals surface area (Å²) in [5.41, 5.74) is 0. The van der Waals surface area contributed by atoms with Crippen LogP contribution < -0.4 is 14.8 Å². The predicted octanol–water partition coefficient (Wildman–Crippen LogP) is 3.01. The molecule has 1 aliphatic heterocycles. The summed E-state index contributed by atoms with van der Waals surface area (Å²) in [7, 11) is 1.66. The average Bonchev–Trinajstić information content (AvgIpc) is 2.44. The van der Waals surface area contributed by atoms with Crippen LogP contribution in [0.4, 0.5) is 0 Å². The molecule has 1 aromatic carbocycles. The van der Waals surface area contributed by atoms with Gasteiger partial charge in [0.2, 0.25) is 0 Å². The van der Waals surface area contributed by atoms with Crippen LogP contribution >= 0.6 is 0 Å². The molecule has 1 N–H and O–H groups in total. The van der Waals surface area contributed by atoms with Crippen molar-refractivity contribution in [2.24, 2.45) is 0 Å². The van der Waals surface area contributed by atoms with Crippen molar-refractivity contribution in [3.8, 4) is 11.5 Å². The van der Waals surface area contributed by atoms with E-state index in [4.69, 9.17) is 14.2 Å². The number of rotatable bonds is 6. The molecule has 21 heavy (non-hydrogen) atoms. The van der Waals surface area contributed by atoms with Crippen LogP contribution in [0.15, 0.2) is 24.3 Å². The van der Waals surface area contributed by atoms with E-state index in [1.165, 1.54) is 0 Å². The Kier molecular flexibility index (Phi) is 5.88. The van der Waals surface area contributed by atoms with E-state index >= 15 is 0 Å². The van der Waals surface area contributed by atoms with Gasteiger partial charge in [-0.1, -0.05) is 12.1 Å². The molecule has 4 heteroatoms. The van der Waals surface area contributed by atoms with Crippen LogP contribution in [0.5, 0.6) is 11.5 Å². The second-order valence-electron chi connectivity index (χ2n) is 5.96. The first-order valence-electron chi connectivity index (χ1n) is 7.75. The van der Waals surface area contributed by atoms with Gasteiger partial charge in [0.15, 0.2) is 11.5 Å². The van der Waals surface area contributed by atoms with Crippen molar-refractivity contribution in [1.82, 2.24) is 5.32 Å². The fraction of sp³-hybridized carbons (Fsp3) is 0.647. The van der Waals surface area contributed by atoms with Gasteiger partial charge in [0, 0.05) is 12.1 Å². The number of hydrogen-bond acceptors (Lipinski definition) is 4. The maximum atomic E-state index is 5.87. The van der Waals surface area contributed by atoms with Gasteiger partial charge in [0.1, 0.15) is 6.61 Å². The fourth-order valence-electron chi connectivity index (χ4n) is 2.94. The summed E-state index contributed by atoms with van der Waals surface area (Å²) in [5.74, 6) is 1.57. The smallest absolute Gasteiger partial charge is 0.161 e. The number of nitrogens with one attached hydrogen (secondary N) is 1. The summed E-state index contributed by atoms with van der Waals surface area (Å²) in [6.45, 7) is 7.06. The number of ether oxygens (including phenoxy) is 3. The van der Waals surface area contributed by atoms with Crippen molar-refractivity contribution >= 4 is 0 Å². The molecule has 4 nitrogen and oxygen atoms in total. The van der Waals surface area contributed by atoms with Gasteiger partial charge in [-0.05, 0) is 45.7 Å². The van der Waals surface area contributed by atoms with E-state index in [1.54, 1.807) is 7.11 Å². The first-order valence-corrected chi connectivity index (χ1v) is 7.75. The highest BCUT2D eigenvalue weighted by molar-refractivity contribution is 5.39. The van der Waals surface area contributed by atoms with E-state index in [0.29, 0.717) is 24.9 Å². The molecule has 1 unspecified atom stereocenters. The molecule has 1 saturated heterocycles. The highest BCUT2D eigenvalue weighted by atomic mass is 16.5. The van der Waals surface area contributed by atoms with E-state index < -0.39 is 0 Å². The maximum absolute atomic E-state index is 5.87. The van der Waals surface area contributed by atoms with Gasteiger partial charge in [0.05, 0.1) is 19.3 Å². The summed E-state index contributed by atoms with van der Waals surface area (Å²) in [6.07, 6.45) is 2.77. The molecule has 1 aliphatic rings. The van der Waals surface area contributed by atoms with Crippen molar-refractivity contribution in [2.45, 2.75) is 57.9 Å². The molecule has 0 aliphatic carbocycles. The minimum Gasteiger partial charge on any atom is -0.493 e. The van der Waals surface area contributed by atoms with Crippen LogP contribution in [0.3, 0.4) is 0 Å². The zero-order valence-electron chi connectivity index (χ0n) is 13.5. The van der Waals surface area contributed by atoms with Gasteiger partial charge in [-0.2, -0.15) is 0 Å². The molecular formula is C17H27NO3. The lowest BCUT2D eigenvalue weighted by atomic mass is 9.99. The van der Waals surface area contributed by atoms with Crippen molar-refractivity contribution in [3.05, 3.63) is 24.3 Å². The monoisotopic (exact) mass is 293 g/mol. The fourth-order valence-corrected chi connectivity index (χ4v) is 2.94. The Morgan fingerprint density at radius 1 is 1.19 bits per heavy atom. The lowest BCUT2D eigenvalue weighted by molar-refractivity contribution is -0.0439. The minimum atomic E-state index is 0.289. The second-order valence-corrected chi connectivity index (χ2v) is 5.96. The van der Waals surface area contributed by atoms with Gasteiger partial charge in [-0.25, -0.2) is 0 Å². The minimum absolute atomic E-state index is 0.289. The highest BCUT2D eigenvalue weighted by Crippen LogP contribution is 2.26. The first-order chi connectivity index (χ1) is 10.1. The van der Waals surface area contributed by atoms with Gasteiger partial charge in [-0.3, -0.25) is 0 Å². The molecular weight excluding hydrogens is 266 g/mol. The molecule has 118 valence electrons. The predicted molar refractivity (Wildman–Crippen MR) is 84.1 cm³/mol. The van der Waals surface area contributed by atoms with Gasteiger partial charge >= 0.3 is 0 Å². The number of benzene rings is 1. The number of hydrogen-bond donors (Lipinski definition) is 1. The molecule has 1 fully saturated rings. The third-order valence-corrected chi connectivity index (χ3v) is 3.78. The molecule has 0 spiro atoms.